The Morgan fingerprint density at radius 3 is 2.58 bits per heavy atom. The van der Waals surface area contributed by atoms with Crippen LogP contribution in [-0.4, -0.2) is 32.4 Å². The van der Waals surface area contributed by atoms with Gasteiger partial charge in [0.05, 0.1) is 6.54 Å². The van der Waals surface area contributed by atoms with E-state index in [0.29, 0.717) is 30.7 Å². The van der Waals surface area contributed by atoms with E-state index in [1.54, 1.807) is 20.0 Å². The first kappa shape index (κ1) is 16.2. The van der Waals surface area contributed by atoms with Crippen molar-refractivity contribution in [2.45, 2.75) is 51.6 Å². The van der Waals surface area contributed by atoms with Crippen molar-refractivity contribution < 1.29 is 12.8 Å². The van der Waals surface area contributed by atoms with Crippen LogP contribution in [0.25, 0.3) is 0 Å². The lowest BCUT2D eigenvalue weighted by atomic mass is 10.3. The van der Waals surface area contributed by atoms with E-state index in [4.69, 9.17) is 4.42 Å². The highest BCUT2D eigenvalue weighted by Gasteiger charge is 2.25. The summed E-state index contributed by atoms with van der Waals surface area (Å²) in [6.45, 7) is 8.74. The Kier molecular flexibility index (Phi) is 5.58. The average molecular weight is 288 g/mol. The molecule has 0 aliphatic carbocycles. The molecule has 0 fully saturated rings. The van der Waals surface area contributed by atoms with Crippen molar-refractivity contribution in [2.75, 3.05) is 13.6 Å². The van der Waals surface area contributed by atoms with Crippen molar-refractivity contribution in [2.24, 2.45) is 0 Å². The Hall–Kier alpha value is -0.850. The van der Waals surface area contributed by atoms with E-state index in [9.17, 15) is 8.42 Å². The predicted molar refractivity (Wildman–Crippen MR) is 75.5 cm³/mol. The number of nitrogens with one attached hydrogen (secondary N) is 1. The second-order valence-corrected chi connectivity index (χ2v) is 7.01. The summed E-state index contributed by atoms with van der Waals surface area (Å²) in [5, 5.41) is 3.21. The molecule has 0 spiro atoms. The van der Waals surface area contributed by atoms with Gasteiger partial charge in [0.1, 0.15) is 16.4 Å². The third kappa shape index (κ3) is 4.06. The van der Waals surface area contributed by atoms with Gasteiger partial charge in [-0.2, -0.15) is 0 Å². The third-order valence-corrected chi connectivity index (χ3v) is 4.80. The summed E-state index contributed by atoms with van der Waals surface area (Å²) in [6, 6.07) is 1.94. The van der Waals surface area contributed by atoms with Crippen LogP contribution in [0.3, 0.4) is 0 Å². The van der Waals surface area contributed by atoms with Crippen LogP contribution in [0.4, 0.5) is 0 Å². The second-order valence-electron chi connectivity index (χ2n) is 5.00. The topological polar surface area (TPSA) is 62.6 Å². The second kappa shape index (κ2) is 6.54. The highest BCUT2D eigenvalue weighted by Crippen LogP contribution is 2.23. The Labute approximate surface area is 116 Å². The normalized spacial score (nSPS) is 12.6. The largest absolute Gasteiger partial charge is 0.464 e. The van der Waals surface area contributed by atoms with E-state index in [-0.39, 0.29) is 4.90 Å². The lowest BCUT2D eigenvalue weighted by Crippen LogP contribution is -2.27. The van der Waals surface area contributed by atoms with Crippen molar-refractivity contribution in [3.63, 3.8) is 0 Å². The van der Waals surface area contributed by atoms with Crippen LogP contribution in [0, 0.1) is 6.92 Å². The number of hydrogen-bond acceptors (Lipinski definition) is 4. The molecule has 5 nitrogen and oxygen atoms in total. The standard InChI is InChI=1S/C13H24N2O3S/c1-6-7-15(5)19(16,17)13-8-12(18-11(13)4)9-14-10(2)3/h8,10,14H,6-7,9H2,1-5H3. The number of furan rings is 1. The Morgan fingerprint density at radius 1 is 1.42 bits per heavy atom. The number of hydrogen-bond donors (Lipinski definition) is 1. The smallest absolute Gasteiger partial charge is 0.246 e. The fourth-order valence-electron chi connectivity index (χ4n) is 1.78. The fraction of sp³-hybridized carbons (Fsp3) is 0.692. The van der Waals surface area contributed by atoms with Gasteiger partial charge in [-0.15, -0.1) is 0 Å². The first-order valence-electron chi connectivity index (χ1n) is 6.58. The van der Waals surface area contributed by atoms with E-state index in [1.807, 2.05) is 20.8 Å². The summed E-state index contributed by atoms with van der Waals surface area (Å²) in [5.74, 6) is 1.10. The molecule has 0 saturated heterocycles. The highest BCUT2D eigenvalue weighted by molar-refractivity contribution is 7.89. The van der Waals surface area contributed by atoms with E-state index >= 15 is 0 Å². The van der Waals surface area contributed by atoms with E-state index in [0.717, 1.165) is 6.42 Å². The van der Waals surface area contributed by atoms with Crippen molar-refractivity contribution in [1.29, 1.82) is 0 Å². The maximum atomic E-state index is 12.3. The SMILES string of the molecule is CCCN(C)S(=O)(=O)c1cc(CNC(C)C)oc1C. The van der Waals surface area contributed by atoms with Crippen LogP contribution in [0.1, 0.15) is 38.7 Å². The summed E-state index contributed by atoms with van der Waals surface area (Å²) in [5.41, 5.74) is 0. The summed E-state index contributed by atoms with van der Waals surface area (Å²) < 4.78 is 31.6. The molecule has 1 aromatic heterocycles. The summed E-state index contributed by atoms with van der Waals surface area (Å²) >= 11 is 0. The molecule has 19 heavy (non-hydrogen) atoms. The number of sulfonamides is 1. The molecule has 0 saturated carbocycles. The minimum absolute atomic E-state index is 0.268. The lowest BCUT2D eigenvalue weighted by molar-refractivity contribution is 0.439. The Balaban J connectivity index is 2.95. The van der Waals surface area contributed by atoms with Crippen LogP contribution in [0.5, 0.6) is 0 Å². The van der Waals surface area contributed by atoms with Gasteiger partial charge in [0.2, 0.25) is 10.0 Å². The molecule has 0 atom stereocenters. The van der Waals surface area contributed by atoms with Crippen molar-refractivity contribution >= 4 is 10.0 Å². The maximum absolute atomic E-state index is 12.3. The molecule has 0 unspecified atom stereocenters. The Bertz CT molecular complexity index is 506. The summed E-state index contributed by atoms with van der Waals surface area (Å²) in [6.07, 6.45) is 0.786. The molecular weight excluding hydrogens is 264 g/mol. The molecule has 0 aromatic carbocycles. The van der Waals surface area contributed by atoms with E-state index in [1.165, 1.54) is 4.31 Å². The van der Waals surface area contributed by atoms with Crippen molar-refractivity contribution in [3.8, 4) is 0 Å². The molecule has 110 valence electrons. The van der Waals surface area contributed by atoms with E-state index < -0.39 is 10.0 Å². The quantitative estimate of drug-likeness (QED) is 0.835. The molecule has 0 radical (unpaired) electrons. The van der Waals surface area contributed by atoms with Crippen molar-refractivity contribution in [1.82, 2.24) is 9.62 Å². The molecule has 1 aromatic rings. The molecule has 1 rings (SSSR count). The number of rotatable bonds is 7. The van der Waals surface area contributed by atoms with Crippen LogP contribution >= 0.6 is 0 Å². The zero-order valence-corrected chi connectivity index (χ0v) is 13.2. The van der Waals surface area contributed by atoms with Gasteiger partial charge in [-0.25, -0.2) is 12.7 Å². The highest BCUT2D eigenvalue weighted by atomic mass is 32.2. The van der Waals surface area contributed by atoms with Gasteiger partial charge < -0.3 is 9.73 Å². The summed E-state index contributed by atoms with van der Waals surface area (Å²) in [4.78, 5) is 0.268. The molecule has 1 N–H and O–H groups in total. The molecule has 0 bridgehead atoms. The molecule has 0 aliphatic heterocycles. The number of nitrogens with zero attached hydrogens (tertiary/aromatic N) is 1. The zero-order valence-electron chi connectivity index (χ0n) is 12.4. The van der Waals surface area contributed by atoms with Gasteiger partial charge in [0.25, 0.3) is 0 Å². The molecular formula is C13H24N2O3S. The number of aryl methyl sites for hydroxylation is 1. The zero-order chi connectivity index (χ0) is 14.6. The summed E-state index contributed by atoms with van der Waals surface area (Å²) in [7, 11) is -1.84. The van der Waals surface area contributed by atoms with Crippen LogP contribution in [0.2, 0.25) is 0 Å². The van der Waals surface area contributed by atoms with Gasteiger partial charge >= 0.3 is 0 Å². The molecule has 6 heteroatoms. The molecule has 0 aliphatic rings. The molecule has 1 heterocycles. The minimum Gasteiger partial charge on any atom is -0.464 e. The van der Waals surface area contributed by atoms with Crippen molar-refractivity contribution in [3.05, 3.63) is 17.6 Å². The van der Waals surface area contributed by atoms with Gasteiger partial charge in [-0.05, 0) is 13.3 Å². The van der Waals surface area contributed by atoms with Crippen LogP contribution in [-0.2, 0) is 16.6 Å². The maximum Gasteiger partial charge on any atom is 0.246 e. The predicted octanol–water partition coefficient (Wildman–Crippen LogP) is 2.12. The van der Waals surface area contributed by atoms with Gasteiger partial charge in [0.15, 0.2) is 0 Å². The minimum atomic E-state index is -3.44. The van der Waals surface area contributed by atoms with Crippen LogP contribution < -0.4 is 5.32 Å². The van der Waals surface area contributed by atoms with E-state index in [2.05, 4.69) is 5.32 Å². The monoisotopic (exact) mass is 288 g/mol. The first-order chi connectivity index (χ1) is 8.78. The van der Waals surface area contributed by atoms with Gasteiger partial charge in [-0.3, -0.25) is 0 Å². The molecule has 0 amide bonds. The lowest BCUT2D eigenvalue weighted by Gasteiger charge is -2.15. The Morgan fingerprint density at radius 2 is 2.05 bits per heavy atom. The fourth-order valence-corrected chi connectivity index (χ4v) is 3.22. The average Bonchev–Trinajstić information content (AvgIpc) is 2.69. The third-order valence-electron chi connectivity index (χ3n) is 2.83. The van der Waals surface area contributed by atoms with Gasteiger partial charge in [-0.1, -0.05) is 20.8 Å². The first-order valence-corrected chi connectivity index (χ1v) is 8.02. The van der Waals surface area contributed by atoms with Gasteiger partial charge in [0, 0.05) is 25.7 Å². The van der Waals surface area contributed by atoms with Crippen LogP contribution in [0.15, 0.2) is 15.4 Å².